The fraction of sp³-hybridized carbons (Fsp3) is 0.0230. The molecule has 5 nitrogen and oxygen atoms in total. The number of hydrogen-bond acceptors (Lipinski definition) is 3. The maximum atomic E-state index is 5.31. The van der Waals surface area contributed by atoms with Crippen molar-refractivity contribution in [3.05, 3.63) is 326 Å². The predicted octanol–water partition coefficient (Wildman–Crippen LogP) is 22.5. The van der Waals surface area contributed by atoms with Crippen LogP contribution in [0, 0.1) is 0 Å². The molecule has 0 fully saturated rings. The second-order valence-electron chi connectivity index (χ2n) is 24.4. The summed E-state index contributed by atoms with van der Waals surface area (Å²) in [5.41, 5.74) is 19.5. The summed E-state index contributed by atoms with van der Waals surface area (Å²) in [6.45, 7) is 0. The van der Waals surface area contributed by atoms with E-state index >= 15 is 0 Å². The molecule has 3 heterocycles. The van der Waals surface area contributed by atoms with Crippen LogP contribution in [0.4, 0.5) is 0 Å². The third-order valence-electron chi connectivity index (χ3n) is 19.4. The van der Waals surface area contributed by atoms with Crippen LogP contribution in [0.3, 0.4) is 0 Å². The Morgan fingerprint density at radius 3 is 1.16 bits per heavy atom. The Bertz CT molecular complexity index is 5880. The van der Waals surface area contributed by atoms with Gasteiger partial charge in [-0.1, -0.05) is 267 Å². The topological polar surface area (TPSA) is 48.5 Å². The lowest BCUT2D eigenvalue weighted by Gasteiger charge is -2.27. The molecule has 0 N–H and O–H groups in total. The third kappa shape index (κ3) is 7.95. The Labute approximate surface area is 531 Å². The first-order chi connectivity index (χ1) is 45.7. The molecule has 1 atom stereocenters. The molecule has 5 heteroatoms. The monoisotopic (exact) mass is 1170 g/mol. The highest BCUT2D eigenvalue weighted by Gasteiger charge is 2.31. The summed E-state index contributed by atoms with van der Waals surface area (Å²) in [5, 5.41) is 16.4. The van der Waals surface area contributed by atoms with Gasteiger partial charge in [0.1, 0.15) is 5.82 Å². The summed E-state index contributed by atoms with van der Waals surface area (Å²) in [6.07, 6.45) is 5.33. The van der Waals surface area contributed by atoms with Crippen molar-refractivity contribution >= 4 is 92.6 Å². The molecule has 0 aliphatic heterocycles. The minimum Gasteiger partial charge on any atom is -0.310 e. The predicted molar refractivity (Wildman–Crippen MR) is 384 cm³/mol. The number of nitrogens with zero attached hydrogens (tertiary/aromatic N) is 5. The van der Waals surface area contributed by atoms with Gasteiger partial charge in [-0.05, 0) is 159 Å². The summed E-state index contributed by atoms with van der Waals surface area (Å²) >= 11 is 0. The van der Waals surface area contributed by atoms with Crippen molar-refractivity contribution in [2.24, 2.45) is 0 Å². The van der Waals surface area contributed by atoms with E-state index in [1.807, 2.05) is 36.4 Å². The van der Waals surface area contributed by atoms with E-state index in [-0.39, 0.29) is 5.92 Å². The Morgan fingerprint density at radius 1 is 0.272 bits per heavy atom. The van der Waals surface area contributed by atoms with Crippen molar-refractivity contribution in [3.63, 3.8) is 0 Å². The Hall–Kier alpha value is -12.1. The minimum atomic E-state index is -0.132. The van der Waals surface area contributed by atoms with Crippen LogP contribution in [0.15, 0.2) is 309 Å². The zero-order chi connectivity index (χ0) is 60.4. The van der Waals surface area contributed by atoms with Gasteiger partial charge in [0.15, 0.2) is 11.6 Å². The molecule has 0 bridgehead atoms. The first-order valence-electron chi connectivity index (χ1n) is 31.8. The molecule has 92 heavy (non-hydrogen) atoms. The number of allylic oxidation sites excluding steroid dienone is 1. The number of para-hydroxylation sites is 2. The quantitative estimate of drug-likeness (QED) is 0.107. The standard InChI is InChI=1S/C87H55N5/c1-6-24-54(25-7-1)77-78(80(56-28-10-3-11-29-56)84-70-41-23-39-68-64-35-17-16-34-63(64)67-38-22-40-69(81(67)82(68)70)83(84)79(77)55-26-8-2-9-27-55)57-44-47-61(48-45-57)91-75-50-46-60(87-89-85(58-30-12-4-13-31-58)88-86(90-87)59-32-14-5-15-33-59)52-71(75)72-53-62(49-51-76(72)91)92-73-42-20-18-36-65(73)66-37-19-21-43-74(66)92/h1-51,53,60H,52H2. The van der Waals surface area contributed by atoms with E-state index in [1.54, 1.807) is 0 Å². The van der Waals surface area contributed by atoms with Gasteiger partial charge < -0.3 is 9.13 Å². The average molecular weight is 1170 g/mol. The first-order valence-corrected chi connectivity index (χ1v) is 31.8. The fourth-order valence-corrected chi connectivity index (χ4v) is 15.5. The Kier molecular flexibility index (Phi) is 11.7. The second-order valence-corrected chi connectivity index (χ2v) is 24.4. The first kappa shape index (κ1) is 51.9. The van der Waals surface area contributed by atoms with Crippen LogP contribution in [-0.2, 0) is 6.42 Å². The highest BCUT2D eigenvalue weighted by molar-refractivity contribution is 6.44. The molecule has 0 saturated heterocycles. The molecule has 3 aromatic heterocycles. The van der Waals surface area contributed by atoms with Crippen LogP contribution in [0.25, 0.3) is 171 Å². The van der Waals surface area contributed by atoms with Gasteiger partial charge in [0, 0.05) is 50.3 Å². The van der Waals surface area contributed by atoms with Gasteiger partial charge in [0.25, 0.3) is 0 Å². The molecule has 0 amide bonds. The van der Waals surface area contributed by atoms with Crippen molar-refractivity contribution in [2.75, 3.05) is 0 Å². The summed E-state index contributed by atoms with van der Waals surface area (Å²) in [7, 11) is 0. The van der Waals surface area contributed by atoms with Gasteiger partial charge in [-0.2, -0.15) is 0 Å². The zero-order valence-electron chi connectivity index (χ0n) is 50.0. The van der Waals surface area contributed by atoms with E-state index < -0.39 is 0 Å². The second kappa shape index (κ2) is 20.8. The molecule has 19 rings (SSSR count). The summed E-state index contributed by atoms with van der Waals surface area (Å²) in [6, 6.07) is 111. The molecule has 15 aromatic carbocycles. The van der Waals surface area contributed by atoms with E-state index in [0.29, 0.717) is 18.1 Å². The third-order valence-corrected chi connectivity index (χ3v) is 19.4. The minimum absolute atomic E-state index is 0.132. The van der Waals surface area contributed by atoms with Gasteiger partial charge in [-0.15, -0.1) is 0 Å². The molecule has 0 spiro atoms. The van der Waals surface area contributed by atoms with Gasteiger partial charge in [0.2, 0.25) is 0 Å². The van der Waals surface area contributed by atoms with Crippen molar-refractivity contribution in [2.45, 2.75) is 12.3 Å². The van der Waals surface area contributed by atoms with Gasteiger partial charge in [-0.3, -0.25) is 0 Å². The molecule has 428 valence electrons. The van der Waals surface area contributed by atoms with E-state index in [9.17, 15) is 0 Å². The number of aromatic nitrogens is 5. The van der Waals surface area contributed by atoms with E-state index in [0.717, 1.165) is 50.7 Å². The van der Waals surface area contributed by atoms with Crippen LogP contribution in [0.2, 0.25) is 0 Å². The maximum Gasteiger partial charge on any atom is 0.163 e. The lowest BCUT2D eigenvalue weighted by atomic mass is 9.75. The highest BCUT2D eigenvalue weighted by Crippen LogP contribution is 2.56. The van der Waals surface area contributed by atoms with Gasteiger partial charge in [-0.25, -0.2) is 15.0 Å². The number of hydrogen-bond donors (Lipinski definition) is 0. The molecule has 1 aliphatic rings. The molecular formula is C87H55N5. The van der Waals surface area contributed by atoms with Crippen LogP contribution >= 0.6 is 0 Å². The van der Waals surface area contributed by atoms with Crippen LogP contribution < -0.4 is 0 Å². The molecule has 0 radical (unpaired) electrons. The largest absolute Gasteiger partial charge is 0.310 e. The van der Waals surface area contributed by atoms with Crippen LogP contribution in [0.5, 0.6) is 0 Å². The summed E-state index contributed by atoms with van der Waals surface area (Å²) < 4.78 is 4.91. The van der Waals surface area contributed by atoms with Gasteiger partial charge in [0.05, 0.1) is 16.6 Å². The normalized spacial score (nSPS) is 13.2. The molecule has 1 unspecified atom stereocenters. The van der Waals surface area contributed by atoms with E-state index in [2.05, 4.69) is 288 Å². The van der Waals surface area contributed by atoms with Crippen molar-refractivity contribution in [3.8, 4) is 78.7 Å². The Balaban J connectivity index is 0.869. The van der Waals surface area contributed by atoms with Crippen LogP contribution in [0.1, 0.15) is 23.0 Å². The summed E-state index contributed by atoms with van der Waals surface area (Å²) in [5.74, 6) is 1.95. The zero-order valence-corrected chi connectivity index (χ0v) is 50.0. The van der Waals surface area contributed by atoms with E-state index in [1.165, 1.54) is 120 Å². The average Bonchev–Trinajstić information content (AvgIpc) is 0.883. The lowest BCUT2D eigenvalue weighted by molar-refractivity contribution is 0.748. The van der Waals surface area contributed by atoms with Crippen molar-refractivity contribution in [1.82, 2.24) is 24.1 Å². The molecule has 18 aromatic rings. The Morgan fingerprint density at radius 2 is 0.663 bits per heavy atom. The number of rotatable bonds is 9. The van der Waals surface area contributed by atoms with E-state index in [4.69, 9.17) is 15.0 Å². The number of fused-ring (bicyclic) bond motifs is 12. The van der Waals surface area contributed by atoms with Crippen LogP contribution in [-0.4, -0.2) is 24.1 Å². The fourth-order valence-electron chi connectivity index (χ4n) is 15.5. The maximum absolute atomic E-state index is 5.31. The summed E-state index contributed by atoms with van der Waals surface area (Å²) in [4.78, 5) is 15.7. The molecule has 1 aliphatic carbocycles. The highest BCUT2D eigenvalue weighted by atomic mass is 15.0. The smallest absolute Gasteiger partial charge is 0.163 e. The van der Waals surface area contributed by atoms with Crippen molar-refractivity contribution < 1.29 is 0 Å². The SMILES string of the molecule is C1=CC(c2nc(-c3ccccc3)nc(-c3ccccc3)n2)Cc2c1n(-c1ccc(-c3c(-c4ccccc4)c(-c4ccccc4)c4c5cccc6c7ccccc7c7cccc(c4c3-c3ccccc3)c7c65)cc1)c1ccc(-n3c4ccccc4c4ccccc43)cc21. The number of benzene rings is 15. The van der Waals surface area contributed by atoms with Crippen molar-refractivity contribution in [1.29, 1.82) is 0 Å². The molecular weight excluding hydrogens is 1110 g/mol. The lowest BCUT2D eigenvalue weighted by Crippen LogP contribution is -2.12. The molecule has 0 saturated carbocycles. The van der Waals surface area contributed by atoms with Gasteiger partial charge >= 0.3 is 0 Å².